The van der Waals surface area contributed by atoms with Gasteiger partial charge in [-0.25, -0.2) is 0 Å². The number of hydrogen-bond acceptors (Lipinski definition) is 2. The quantitative estimate of drug-likeness (QED) is 0.924. The van der Waals surface area contributed by atoms with E-state index in [1.54, 1.807) is 11.9 Å². The molecule has 0 spiro atoms. The lowest BCUT2D eigenvalue weighted by molar-refractivity contribution is -0.141. The fourth-order valence-corrected chi connectivity index (χ4v) is 2.85. The van der Waals surface area contributed by atoms with Crippen molar-refractivity contribution in [1.82, 2.24) is 10.2 Å². The Balaban J connectivity index is 2.21. The van der Waals surface area contributed by atoms with E-state index in [1.165, 1.54) is 0 Å². The van der Waals surface area contributed by atoms with E-state index in [2.05, 4.69) is 19.2 Å². The molecule has 1 aliphatic heterocycles. The summed E-state index contributed by atoms with van der Waals surface area (Å²) >= 11 is 0. The van der Waals surface area contributed by atoms with Crippen molar-refractivity contribution in [2.75, 3.05) is 13.6 Å². The van der Waals surface area contributed by atoms with Gasteiger partial charge < -0.3 is 10.2 Å². The highest BCUT2D eigenvalue weighted by Gasteiger charge is 2.38. The zero-order valence-electron chi connectivity index (χ0n) is 13.0. The zero-order chi connectivity index (χ0) is 15.4. The van der Waals surface area contributed by atoms with Crippen LogP contribution in [0.3, 0.4) is 0 Å². The van der Waals surface area contributed by atoms with Crippen LogP contribution in [0.25, 0.3) is 0 Å². The molecule has 0 bridgehead atoms. The minimum Gasteiger partial charge on any atom is -0.356 e. The van der Waals surface area contributed by atoms with Gasteiger partial charge in [-0.2, -0.15) is 0 Å². The second-order valence-electron chi connectivity index (χ2n) is 6.14. The second kappa shape index (κ2) is 6.74. The maximum Gasteiger partial charge on any atom is 0.225 e. The number of hydrogen-bond donors (Lipinski definition) is 1. The molecule has 0 saturated carbocycles. The fourth-order valence-electron chi connectivity index (χ4n) is 2.85. The lowest BCUT2D eigenvalue weighted by atomic mass is 9.84. The summed E-state index contributed by atoms with van der Waals surface area (Å²) < 4.78 is 0. The summed E-state index contributed by atoms with van der Waals surface area (Å²) in [6.07, 6.45) is 1.06. The molecule has 1 saturated heterocycles. The molecule has 4 nitrogen and oxygen atoms in total. The number of carbonyl (C=O) groups excluding carboxylic acids is 2. The van der Waals surface area contributed by atoms with Gasteiger partial charge >= 0.3 is 0 Å². The number of likely N-dealkylation sites (tertiary alicyclic amines) is 1. The van der Waals surface area contributed by atoms with Crippen LogP contribution in [0.1, 0.15) is 38.3 Å². The second-order valence-corrected chi connectivity index (χ2v) is 6.14. The summed E-state index contributed by atoms with van der Waals surface area (Å²) in [5.41, 5.74) is 1.03. The third-order valence-corrected chi connectivity index (χ3v) is 4.02. The Labute approximate surface area is 126 Å². The van der Waals surface area contributed by atoms with Crippen LogP contribution in [0.4, 0.5) is 0 Å². The molecule has 4 heteroatoms. The molecule has 1 heterocycles. The molecule has 0 unspecified atom stereocenters. The molecule has 21 heavy (non-hydrogen) atoms. The molecule has 1 fully saturated rings. The maximum atomic E-state index is 12.5. The van der Waals surface area contributed by atoms with Crippen molar-refractivity contribution in [3.8, 4) is 0 Å². The van der Waals surface area contributed by atoms with Crippen molar-refractivity contribution in [3.63, 3.8) is 0 Å². The normalized spacial score (nSPS) is 22.5. The molecular formula is C17H24N2O2. The van der Waals surface area contributed by atoms with E-state index in [1.807, 2.05) is 30.3 Å². The highest BCUT2D eigenvalue weighted by molar-refractivity contribution is 5.84. The number of benzene rings is 1. The smallest absolute Gasteiger partial charge is 0.225 e. The summed E-state index contributed by atoms with van der Waals surface area (Å²) in [4.78, 5) is 26.2. The molecule has 1 aromatic rings. The van der Waals surface area contributed by atoms with Crippen LogP contribution in [-0.4, -0.2) is 30.3 Å². The van der Waals surface area contributed by atoms with Gasteiger partial charge in [0.05, 0.1) is 12.0 Å². The molecule has 1 aromatic carbocycles. The van der Waals surface area contributed by atoms with Crippen molar-refractivity contribution in [2.24, 2.45) is 11.8 Å². The lowest BCUT2D eigenvalue weighted by Gasteiger charge is -2.38. The van der Waals surface area contributed by atoms with Gasteiger partial charge in [-0.1, -0.05) is 44.2 Å². The van der Waals surface area contributed by atoms with Gasteiger partial charge in [0.25, 0.3) is 0 Å². The predicted molar refractivity (Wildman–Crippen MR) is 82.5 cm³/mol. The first-order valence-corrected chi connectivity index (χ1v) is 7.59. The van der Waals surface area contributed by atoms with E-state index < -0.39 is 0 Å². The third kappa shape index (κ3) is 3.63. The molecule has 0 aromatic heterocycles. The standard InChI is InChI=1S/C17H24N2O2/c1-12(2)11-18-17(21)14-9-10-15(20)19(3)16(14)13-7-5-4-6-8-13/h4-8,12,14,16H,9-11H2,1-3H3,(H,18,21)/t14-,16-/m0/s1. The van der Waals surface area contributed by atoms with Crippen LogP contribution in [-0.2, 0) is 9.59 Å². The van der Waals surface area contributed by atoms with E-state index >= 15 is 0 Å². The van der Waals surface area contributed by atoms with Crippen molar-refractivity contribution in [1.29, 1.82) is 0 Å². The molecular weight excluding hydrogens is 264 g/mol. The van der Waals surface area contributed by atoms with Gasteiger partial charge in [0, 0.05) is 20.0 Å². The minimum absolute atomic E-state index is 0.0527. The van der Waals surface area contributed by atoms with Gasteiger partial charge in [-0.3, -0.25) is 9.59 Å². The van der Waals surface area contributed by atoms with Gasteiger partial charge in [0.2, 0.25) is 11.8 Å². The van der Waals surface area contributed by atoms with Gasteiger partial charge in [-0.05, 0) is 17.9 Å². The van der Waals surface area contributed by atoms with Gasteiger partial charge in [0.1, 0.15) is 0 Å². The number of carbonyl (C=O) groups is 2. The summed E-state index contributed by atoms with van der Waals surface area (Å²) in [5, 5.41) is 3.01. The zero-order valence-corrected chi connectivity index (χ0v) is 13.0. The minimum atomic E-state index is -0.172. The lowest BCUT2D eigenvalue weighted by Crippen LogP contribution is -2.46. The number of nitrogens with one attached hydrogen (secondary N) is 1. The molecule has 0 aliphatic carbocycles. The molecule has 2 rings (SSSR count). The molecule has 114 valence electrons. The van der Waals surface area contributed by atoms with E-state index in [0.29, 0.717) is 25.3 Å². The average molecular weight is 288 g/mol. The van der Waals surface area contributed by atoms with Crippen LogP contribution in [0, 0.1) is 11.8 Å². The van der Waals surface area contributed by atoms with Crippen LogP contribution < -0.4 is 5.32 Å². The largest absolute Gasteiger partial charge is 0.356 e. The Morgan fingerprint density at radius 2 is 2.00 bits per heavy atom. The Morgan fingerprint density at radius 1 is 1.33 bits per heavy atom. The molecule has 2 atom stereocenters. The van der Waals surface area contributed by atoms with Crippen LogP contribution >= 0.6 is 0 Å². The summed E-state index contributed by atoms with van der Waals surface area (Å²) in [6, 6.07) is 9.66. The number of amides is 2. The Morgan fingerprint density at radius 3 is 2.62 bits per heavy atom. The Kier molecular flexibility index (Phi) is 4.99. The summed E-state index contributed by atoms with van der Waals surface area (Å²) in [6.45, 7) is 4.82. The maximum absolute atomic E-state index is 12.5. The van der Waals surface area contributed by atoms with E-state index in [-0.39, 0.29) is 23.8 Å². The monoisotopic (exact) mass is 288 g/mol. The molecule has 1 aliphatic rings. The Bertz CT molecular complexity index is 499. The van der Waals surface area contributed by atoms with Crippen molar-refractivity contribution >= 4 is 11.8 Å². The number of nitrogens with zero attached hydrogens (tertiary/aromatic N) is 1. The first-order valence-electron chi connectivity index (χ1n) is 7.59. The first kappa shape index (κ1) is 15.5. The topological polar surface area (TPSA) is 49.4 Å². The average Bonchev–Trinajstić information content (AvgIpc) is 2.48. The highest BCUT2D eigenvalue weighted by Crippen LogP contribution is 2.35. The van der Waals surface area contributed by atoms with Crippen molar-refractivity contribution < 1.29 is 9.59 Å². The van der Waals surface area contributed by atoms with E-state index in [0.717, 1.165) is 5.56 Å². The third-order valence-electron chi connectivity index (χ3n) is 4.02. The first-order chi connectivity index (χ1) is 10.0. The van der Waals surface area contributed by atoms with E-state index in [9.17, 15) is 9.59 Å². The van der Waals surface area contributed by atoms with E-state index in [4.69, 9.17) is 0 Å². The van der Waals surface area contributed by atoms with Crippen molar-refractivity contribution in [3.05, 3.63) is 35.9 Å². The van der Waals surface area contributed by atoms with Crippen LogP contribution in [0.5, 0.6) is 0 Å². The van der Waals surface area contributed by atoms with Gasteiger partial charge in [0.15, 0.2) is 0 Å². The van der Waals surface area contributed by atoms with Crippen LogP contribution in [0.2, 0.25) is 0 Å². The summed E-state index contributed by atoms with van der Waals surface area (Å²) in [7, 11) is 1.79. The molecule has 2 amide bonds. The van der Waals surface area contributed by atoms with Gasteiger partial charge in [-0.15, -0.1) is 0 Å². The molecule has 0 radical (unpaired) electrons. The molecule has 1 N–H and O–H groups in total. The number of rotatable bonds is 4. The summed E-state index contributed by atoms with van der Waals surface area (Å²) in [5.74, 6) is 0.412. The predicted octanol–water partition coefficient (Wildman–Crippen LogP) is 2.37. The highest BCUT2D eigenvalue weighted by atomic mass is 16.2. The fraction of sp³-hybridized carbons (Fsp3) is 0.529. The van der Waals surface area contributed by atoms with Crippen LogP contribution in [0.15, 0.2) is 30.3 Å². The Hall–Kier alpha value is -1.84. The number of piperidine rings is 1. The SMILES string of the molecule is CC(C)CNC(=O)[C@H]1CCC(=O)N(C)[C@H]1c1ccccc1. The van der Waals surface area contributed by atoms with Crippen molar-refractivity contribution in [2.45, 2.75) is 32.7 Å².